The van der Waals surface area contributed by atoms with Crippen molar-refractivity contribution in [2.75, 3.05) is 0 Å². The Bertz CT molecular complexity index is 1140. The van der Waals surface area contributed by atoms with Gasteiger partial charge in [-0.1, -0.05) is 25.7 Å². The number of hydrogen-bond donors (Lipinski definition) is 1. The predicted molar refractivity (Wildman–Crippen MR) is 118 cm³/mol. The molecule has 1 unspecified atom stereocenters. The lowest BCUT2D eigenvalue weighted by atomic mass is 9.83. The third-order valence-corrected chi connectivity index (χ3v) is 6.49. The van der Waals surface area contributed by atoms with Gasteiger partial charge in [0.1, 0.15) is 11.4 Å². The number of ether oxygens (including phenoxy) is 1. The van der Waals surface area contributed by atoms with Crippen LogP contribution in [0.4, 0.5) is 0 Å². The summed E-state index contributed by atoms with van der Waals surface area (Å²) in [7, 11) is 0. The molecule has 2 aromatic rings. The fourth-order valence-electron chi connectivity index (χ4n) is 4.58. The van der Waals surface area contributed by atoms with Gasteiger partial charge in [-0.05, 0) is 50.8 Å². The Hall–Kier alpha value is -3.21. The van der Waals surface area contributed by atoms with Gasteiger partial charge in [-0.25, -0.2) is 9.78 Å². The predicted octanol–water partition coefficient (Wildman–Crippen LogP) is 3.01. The molecule has 1 saturated carbocycles. The average molecular weight is 437 g/mol. The lowest BCUT2D eigenvalue weighted by molar-refractivity contribution is -0.130. The smallest absolute Gasteiger partial charge is 0.338 e. The Kier molecular flexibility index (Phi) is 6.26. The van der Waals surface area contributed by atoms with Crippen LogP contribution in [0.5, 0.6) is 0 Å². The fourth-order valence-corrected chi connectivity index (χ4v) is 4.58. The molecular weight excluding hydrogens is 408 g/mol. The van der Waals surface area contributed by atoms with Crippen molar-refractivity contribution in [3.63, 3.8) is 0 Å². The van der Waals surface area contributed by atoms with Crippen LogP contribution in [0.3, 0.4) is 0 Å². The molecule has 1 atom stereocenters. The highest BCUT2D eigenvalue weighted by Crippen LogP contribution is 2.27. The molecule has 1 aliphatic carbocycles. The summed E-state index contributed by atoms with van der Waals surface area (Å²) in [5.41, 5.74) is -0.285. The van der Waals surface area contributed by atoms with E-state index in [1.54, 1.807) is 16.7 Å². The maximum absolute atomic E-state index is 12.8. The first-order chi connectivity index (χ1) is 15.4. The minimum absolute atomic E-state index is 0.0890. The number of nitrogens with zero attached hydrogens (tertiary/aromatic N) is 3. The van der Waals surface area contributed by atoms with Crippen LogP contribution in [0.2, 0.25) is 0 Å². The van der Waals surface area contributed by atoms with E-state index in [2.05, 4.69) is 16.4 Å². The normalized spacial score (nSPS) is 18.6. The molecule has 1 aromatic heterocycles. The molecule has 4 rings (SSSR count). The molecule has 2 aliphatic rings. The highest BCUT2D eigenvalue weighted by atomic mass is 16.5. The van der Waals surface area contributed by atoms with Gasteiger partial charge in [0.05, 0.1) is 22.5 Å². The number of rotatable bonds is 4. The first-order valence-electron chi connectivity index (χ1n) is 11.4. The number of nitriles is 1. The summed E-state index contributed by atoms with van der Waals surface area (Å²) in [5, 5.41) is 12.8. The number of aryl methyl sites for hydroxylation is 1. The zero-order valence-electron chi connectivity index (χ0n) is 18.4. The maximum Gasteiger partial charge on any atom is 0.338 e. The summed E-state index contributed by atoms with van der Waals surface area (Å²) in [6.45, 7) is 2.16. The fraction of sp³-hybridized carbons (Fsp3) is 0.542. The molecule has 168 valence electrons. The molecular formula is C24H28N4O4. The highest BCUT2D eigenvalue weighted by molar-refractivity contribution is 5.95. The van der Waals surface area contributed by atoms with E-state index >= 15 is 0 Å². The van der Waals surface area contributed by atoms with E-state index in [9.17, 15) is 19.6 Å². The molecule has 8 nitrogen and oxygen atoms in total. The highest BCUT2D eigenvalue weighted by Gasteiger charge is 2.35. The standard InChI is InChI=1S/C24H28N4O4/c1-16(21(29)27-24(15-25)11-5-3-6-12-24)32-23(31)17-9-10-18-19(14-17)26-20-8-4-2-7-13-28(20)22(18)30/h9-10,14,16H,2-8,11-13H2,1H3,(H,27,29). The van der Waals surface area contributed by atoms with Crippen LogP contribution in [0, 0.1) is 11.3 Å². The third-order valence-electron chi connectivity index (χ3n) is 6.49. The molecule has 0 radical (unpaired) electrons. The quantitative estimate of drug-likeness (QED) is 0.737. The van der Waals surface area contributed by atoms with Gasteiger partial charge < -0.3 is 10.1 Å². The Morgan fingerprint density at radius 3 is 2.69 bits per heavy atom. The van der Waals surface area contributed by atoms with Crippen molar-refractivity contribution in [2.45, 2.75) is 82.9 Å². The Morgan fingerprint density at radius 1 is 1.19 bits per heavy atom. The van der Waals surface area contributed by atoms with Crippen LogP contribution in [-0.2, 0) is 22.5 Å². The molecule has 0 saturated heterocycles. The van der Waals surface area contributed by atoms with Crippen molar-refractivity contribution >= 4 is 22.8 Å². The molecule has 1 N–H and O–H groups in total. The number of hydrogen-bond acceptors (Lipinski definition) is 6. The first kappa shape index (κ1) is 22.0. The molecule has 1 aromatic carbocycles. The van der Waals surface area contributed by atoms with Crippen LogP contribution >= 0.6 is 0 Å². The van der Waals surface area contributed by atoms with Gasteiger partial charge in [0.2, 0.25) is 0 Å². The second-order valence-corrected chi connectivity index (χ2v) is 8.82. The van der Waals surface area contributed by atoms with Crippen molar-refractivity contribution in [1.29, 1.82) is 5.26 Å². The summed E-state index contributed by atoms with van der Waals surface area (Å²) >= 11 is 0. The van der Waals surface area contributed by atoms with E-state index in [0.717, 1.165) is 50.8 Å². The third kappa shape index (κ3) is 4.38. The first-order valence-corrected chi connectivity index (χ1v) is 11.4. The van der Waals surface area contributed by atoms with Crippen molar-refractivity contribution < 1.29 is 14.3 Å². The van der Waals surface area contributed by atoms with Gasteiger partial charge in [-0.15, -0.1) is 0 Å². The zero-order chi connectivity index (χ0) is 22.7. The van der Waals surface area contributed by atoms with Gasteiger partial charge in [-0.2, -0.15) is 5.26 Å². The molecule has 1 aliphatic heterocycles. The number of aromatic nitrogens is 2. The zero-order valence-corrected chi connectivity index (χ0v) is 18.4. The summed E-state index contributed by atoms with van der Waals surface area (Å²) in [5.74, 6) is -0.405. The molecule has 0 spiro atoms. The van der Waals surface area contributed by atoms with Crippen molar-refractivity contribution in [3.8, 4) is 6.07 Å². The molecule has 0 bridgehead atoms. The SMILES string of the molecule is CC(OC(=O)c1ccc2c(=O)n3c(nc2c1)CCCCC3)C(=O)NC1(C#N)CCCCC1. The van der Waals surface area contributed by atoms with Gasteiger partial charge in [0, 0.05) is 13.0 Å². The molecule has 1 fully saturated rings. The number of esters is 1. The number of benzene rings is 1. The second kappa shape index (κ2) is 9.11. The van der Waals surface area contributed by atoms with Crippen LogP contribution in [0.1, 0.15) is 74.5 Å². The Morgan fingerprint density at radius 2 is 1.94 bits per heavy atom. The number of carbonyl (C=O) groups excluding carboxylic acids is 2. The molecule has 2 heterocycles. The van der Waals surface area contributed by atoms with Crippen molar-refractivity contribution in [3.05, 3.63) is 39.9 Å². The Balaban J connectivity index is 1.50. The minimum Gasteiger partial charge on any atom is -0.449 e. The molecule has 1 amide bonds. The minimum atomic E-state index is -1.05. The average Bonchev–Trinajstić information content (AvgIpc) is 3.05. The Labute approximate surface area is 186 Å². The van der Waals surface area contributed by atoms with Crippen molar-refractivity contribution in [2.24, 2.45) is 0 Å². The summed E-state index contributed by atoms with van der Waals surface area (Å²) < 4.78 is 7.10. The van der Waals surface area contributed by atoms with E-state index in [0.29, 0.717) is 30.3 Å². The van der Waals surface area contributed by atoms with Crippen LogP contribution < -0.4 is 10.9 Å². The topological polar surface area (TPSA) is 114 Å². The maximum atomic E-state index is 12.8. The van der Waals surface area contributed by atoms with Crippen LogP contribution in [0.25, 0.3) is 10.9 Å². The summed E-state index contributed by atoms with van der Waals surface area (Å²) in [6, 6.07) is 6.90. The van der Waals surface area contributed by atoms with Gasteiger partial charge in [-0.3, -0.25) is 14.2 Å². The summed E-state index contributed by atoms with van der Waals surface area (Å²) in [6.07, 6.45) is 6.71. The largest absolute Gasteiger partial charge is 0.449 e. The van der Waals surface area contributed by atoms with Gasteiger partial charge in [0.15, 0.2) is 6.10 Å². The van der Waals surface area contributed by atoms with Crippen LogP contribution in [-0.4, -0.2) is 33.1 Å². The second-order valence-electron chi connectivity index (χ2n) is 8.82. The number of fused-ring (bicyclic) bond motifs is 2. The van der Waals surface area contributed by atoms with Crippen molar-refractivity contribution in [1.82, 2.24) is 14.9 Å². The number of amides is 1. The lowest BCUT2D eigenvalue weighted by Gasteiger charge is -2.32. The molecule has 8 heteroatoms. The number of nitrogens with one attached hydrogen (secondary N) is 1. The van der Waals surface area contributed by atoms with E-state index in [1.165, 1.54) is 13.0 Å². The van der Waals surface area contributed by atoms with E-state index in [1.807, 2.05) is 0 Å². The van der Waals surface area contributed by atoms with Crippen LogP contribution in [0.15, 0.2) is 23.0 Å². The molecule has 32 heavy (non-hydrogen) atoms. The van der Waals surface area contributed by atoms with E-state index in [-0.39, 0.29) is 11.1 Å². The van der Waals surface area contributed by atoms with E-state index in [4.69, 9.17) is 4.74 Å². The lowest BCUT2D eigenvalue weighted by Crippen LogP contribution is -2.52. The number of carbonyl (C=O) groups is 2. The monoisotopic (exact) mass is 436 g/mol. The van der Waals surface area contributed by atoms with Gasteiger partial charge >= 0.3 is 5.97 Å². The van der Waals surface area contributed by atoms with E-state index < -0.39 is 23.5 Å². The summed E-state index contributed by atoms with van der Waals surface area (Å²) in [4.78, 5) is 42.8. The van der Waals surface area contributed by atoms with Gasteiger partial charge in [0.25, 0.3) is 11.5 Å².